The van der Waals surface area contributed by atoms with Crippen LogP contribution in [-0.4, -0.2) is 11.8 Å². The Morgan fingerprint density at radius 3 is 3.00 bits per heavy atom. The lowest BCUT2D eigenvalue weighted by Crippen LogP contribution is -2.02. The van der Waals surface area contributed by atoms with Crippen molar-refractivity contribution in [2.45, 2.75) is 31.7 Å². The first-order valence-electron chi connectivity index (χ1n) is 3.03. The van der Waals surface area contributed by atoms with Crippen molar-refractivity contribution in [1.82, 2.24) is 0 Å². The molecular formula is C6H9N. The zero-order chi connectivity index (χ0) is 4.69. The van der Waals surface area contributed by atoms with Crippen molar-refractivity contribution in [3.05, 3.63) is 0 Å². The van der Waals surface area contributed by atoms with Crippen molar-refractivity contribution in [2.75, 3.05) is 0 Å². The summed E-state index contributed by atoms with van der Waals surface area (Å²) in [7, 11) is 0. The molecule has 0 aromatic rings. The molecule has 0 N–H and O–H groups in total. The SMILES string of the molecule is C1CCC2N=C2C1. The van der Waals surface area contributed by atoms with Crippen LogP contribution in [0.4, 0.5) is 0 Å². The van der Waals surface area contributed by atoms with Gasteiger partial charge in [0.1, 0.15) is 0 Å². The van der Waals surface area contributed by atoms with Crippen LogP contribution in [0, 0.1) is 0 Å². The van der Waals surface area contributed by atoms with Crippen molar-refractivity contribution in [3.8, 4) is 0 Å². The third-order valence-electron chi connectivity index (χ3n) is 1.80. The fraction of sp³-hybridized carbons (Fsp3) is 0.833. The van der Waals surface area contributed by atoms with E-state index in [4.69, 9.17) is 0 Å². The second-order valence-electron chi connectivity index (χ2n) is 2.38. The lowest BCUT2D eigenvalue weighted by Gasteiger charge is -2.01. The van der Waals surface area contributed by atoms with Gasteiger partial charge in [0, 0.05) is 5.71 Å². The summed E-state index contributed by atoms with van der Waals surface area (Å²) >= 11 is 0. The van der Waals surface area contributed by atoms with Crippen LogP contribution in [0.1, 0.15) is 25.7 Å². The molecule has 0 aromatic heterocycles. The van der Waals surface area contributed by atoms with Gasteiger partial charge < -0.3 is 0 Å². The van der Waals surface area contributed by atoms with E-state index in [9.17, 15) is 0 Å². The maximum atomic E-state index is 4.27. The third-order valence-corrected chi connectivity index (χ3v) is 1.80. The highest BCUT2D eigenvalue weighted by atomic mass is 15.0. The molecule has 1 atom stereocenters. The van der Waals surface area contributed by atoms with Crippen LogP contribution < -0.4 is 0 Å². The molecule has 38 valence electrons. The Labute approximate surface area is 43.4 Å². The van der Waals surface area contributed by atoms with Crippen LogP contribution in [0.3, 0.4) is 0 Å². The summed E-state index contributed by atoms with van der Waals surface area (Å²) in [5.74, 6) is 0. The van der Waals surface area contributed by atoms with Gasteiger partial charge in [-0.2, -0.15) is 0 Å². The van der Waals surface area contributed by atoms with E-state index in [1.807, 2.05) is 0 Å². The molecule has 1 heteroatoms. The minimum Gasteiger partial charge on any atom is -0.283 e. The van der Waals surface area contributed by atoms with Crippen LogP contribution in [0.5, 0.6) is 0 Å². The standard InChI is InChI=1S/C6H9N/c1-2-4-6-5(3-1)7-6/h5H,1-4H2. The fourth-order valence-electron chi connectivity index (χ4n) is 1.27. The van der Waals surface area contributed by atoms with E-state index in [1.54, 1.807) is 0 Å². The maximum Gasteiger partial charge on any atom is 0.0876 e. The molecule has 0 radical (unpaired) electrons. The summed E-state index contributed by atoms with van der Waals surface area (Å²) in [6.45, 7) is 0. The van der Waals surface area contributed by atoms with Crippen molar-refractivity contribution in [3.63, 3.8) is 0 Å². The number of rotatable bonds is 0. The van der Waals surface area contributed by atoms with Crippen molar-refractivity contribution in [1.29, 1.82) is 0 Å². The van der Waals surface area contributed by atoms with Gasteiger partial charge in [-0.25, -0.2) is 0 Å². The largest absolute Gasteiger partial charge is 0.283 e. The Kier molecular flexibility index (Phi) is 0.566. The number of aliphatic imine (C=N–C) groups is 1. The van der Waals surface area contributed by atoms with E-state index in [2.05, 4.69) is 4.99 Å². The minimum atomic E-state index is 0.744. The average molecular weight is 95.1 g/mol. The van der Waals surface area contributed by atoms with Crippen molar-refractivity contribution >= 4 is 5.71 Å². The lowest BCUT2D eigenvalue weighted by atomic mass is 10.0. The smallest absolute Gasteiger partial charge is 0.0876 e. The van der Waals surface area contributed by atoms with Crippen LogP contribution in [0.2, 0.25) is 0 Å². The first-order valence-corrected chi connectivity index (χ1v) is 3.03. The summed E-state index contributed by atoms with van der Waals surface area (Å²) in [5.41, 5.74) is 1.51. The third kappa shape index (κ3) is 0.476. The number of fused-ring (bicyclic) bond motifs is 1. The lowest BCUT2D eigenvalue weighted by molar-refractivity contribution is 0.669. The summed E-state index contributed by atoms with van der Waals surface area (Å²) in [5, 5.41) is 0. The molecule has 1 aliphatic carbocycles. The van der Waals surface area contributed by atoms with Crippen LogP contribution in [-0.2, 0) is 0 Å². The first-order chi connectivity index (χ1) is 3.47. The second-order valence-corrected chi connectivity index (χ2v) is 2.38. The van der Waals surface area contributed by atoms with E-state index in [0.29, 0.717) is 0 Å². The molecule has 1 nitrogen and oxygen atoms in total. The molecule has 0 amide bonds. The first kappa shape index (κ1) is 3.65. The van der Waals surface area contributed by atoms with Gasteiger partial charge >= 0.3 is 0 Å². The molecule has 1 unspecified atom stereocenters. The predicted molar refractivity (Wildman–Crippen MR) is 29.7 cm³/mol. The zero-order valence-electron chi connectivity index (χ0n) is 4.35. The Bertz CT molecular complexity index is 115. The molecule has 1 saturated carbocycles. The molecule has 0 saturated heterocycles. The summed E-state index contributed by atoms with van der Waals surface area (Å²) < 4.78 is 0. The number of nitrogens with zero attached hydrogens (tertiary/aromatic N) is 1. The molecule has 1 heterocycles. The van der Waals surface area contributed by atoms with Gasteiger partial charge in [-0.15, -0.1) is 0 Å². The topological polar surface area (TPSA) is 12.4 Å². The van der Waals surface area contributed by atoms with E-state index >= 15 is 0 Å². The normalized spacial score (nSPS) is 36.6. The second kappa shape index (κ2) is 1.09. The fourth-order valence-corrected chi connectivity index (χ4v) is 1.27. The Morgan fingerprint density at radius 2 is 2.43 bits per heavy atom. The van der Waals surface area contributed by atoms with Gasteiger partial charge in [-0.05, 0) is 19.3 Å². The van der Waals surface area contributed by atoms with Gasteiger partial charge in [0.15, 0.2) is 0 Å². The monoisotopic (exact) mass is 95.1 g/mol. The van der Waals surface area contributed by atoms with Gasteiger partial charge in [0.25, 0.3) is 0 Å². The Hall–Kier alpha value is -0.330. The molecular weight excluding hydrogens is 86.1 g/mol. The number of hydrogen-bond acceptors (Lipinski definition) is 1. The highest BCUT2D eigenvalue weighted by molar-refractivity contribution is 6.01. The van der Waals surface area contributed by atoms with Gasteiger partial charge in [-0.1, -0.05) is 6.42 Å². The molecule has 2 rings (SSSR count). The van der Waals surface area contributed by atoms with E-state index in [1.165, 1.54) is 31.4 Å². The molecule has 1 fully saturated rings. The maximum absolute atomic E-state index is 4.27. The van der Waals surface area contributed by atoms with Gasteiger partial charge in [0.2, 0.25) is 0 Å². The van der Waals surface area contributed by atoms with E-state index < -0.39 is 0 Å². The summed E-state index contributed by atoms with van der Waals surface area (Å²) in [6.07, 6.45) is 5.48. The quantitative estimate of drug-likeness (QED) is 0.431. The molecule has 1 aliphatic heterocycles. The molecule has 2 aliphatic rings. The van der Waals surface area contributed by atoms with E-state index in [-0.39, 0.29) is 0 Å². The van der Waals surface area contributed by atoms with Crippen LogP contribution in [0.15, 0.2) is 4.99 Å². The molecule has 0 aromatic carbocycles. The summed E-state index contributed by atoms with van der Waals surface area (Å²) in [6, 6.07) is 0.744. The minimum absolute atomic E-state index is 0.744. The molecule has 7 heavy (non-hydrogen) atoms. The number of hydrogen-bond donors (Lipinski definition) is 0. The zero-order valence-corrected chi connectivity index (χ0v) is 4.35. The highest BCUT2D eigenvalue weighted by Crippen LogP contribution is 2.27. The van der Waals surface area contributed by atoms with Gasteiger partial charge in [0.05, 0.1) is 6.04 Å². The Balaban J connectivity index is 2.02. The van der Waals surface area contributed by atoms with Gasteiger partial charge in [-0.3, -0.25) is 4.99 Å². The molecule has 0 spiro atoms. The predicted octanol–water partition coefficient (Wildman–Crippen LogP) is 1.38. The van der Waals surface area contributed by atoms with E-state index in [0.717, 1.165) is 6.04 Å². The molecule has 0 bridgehead atoms. The highest BCUT2D eigenvalue weighted by Gasteiger charge is 2.28. The average Bonchev–Trinajstić information content (AvgIpc) is 2.41. The van der Waals surface area contributed by atoms with Crippen LogP contribution in [0.25, 0.3) is 0 Å². The Morgan fingerprint density at radius 1 is 1.43 bits per heavy atom. The van der Waals surface area contributed by atoms with Crippen molar-refractivity contribution < 1.29 is 0 Å². The van der Waals surface area contributed by atoms with Crippen molar-refractivity contribution in [2.24, 2.45) is 4.99 Å². The van der Waals surface area contributed by atoms with Crippen LogP contribution >= 0.6 is 0 Å². The summed E-state index contributed by atoms with van der Waals surface area (Å²) in [4.78, 5) is 4.27.